The lowest BCUT2D eigenvalue weighted by atomic mass is 10.2. The van der Waals surface area contributed by atoms with E-state index in [9.17, 15) is 4.39 Å². The Morgan fingerprint density at radius 2 is 2.38 bits per heavy atom. The maximum absolute atomic E-state index is 13.5. The zero-order valence-electron chi connectivity index (χ0n) is 12.3. The predicted octanol–water partition coefficient (Wildman–Crippen LogP) is 1.69. The molecule has 0 aromatic heterocycles. The van der Waals surface area contributed by atoms with Crippen molar-refractivity contribution in [2.24, 2.45) is 0 Å². The highest BCUT2D eigenvalue weighted by Crippen LogP contribution is 2.28. The Morgan fingerprint density at radius 1 is 1.52 bits per heavy atom. The highest BCUT2D eigenvalue weighted by Gasteiger charge is 2.32. The maximum Gasteiger partial charge on any atom is 0.167 e. The molecule has 2 unspecified atom stereocenters. The van der Waals surface area contributed by atoms with Crippen LogP contribution in [-0.4, -0.2) is 50.4 Å². The third kappa shape index (κ3) is 3.06. The molecule has 1 aromatic carbocycles. The van der Waals surface area contributed by atoms with E-state index in [1.165, 1.54) is 26.0 Å². The number of hydrogen-bond acceptors (Lipinski definition) is 5. The van der Waals surface area contributed by atoms with E-state index < -0.39 is 5.82 Å². The quantitative estimate of drug-likeness (QED) is 0.828. The molecule has 0 bridgehead atoms. The molecule has 2 saturated heterocycles. The van der Waals surface area contributed by atoms with Crippen molar-refractivity contribution in [1.29, 1.82) is 0 Å². The van der Waals surface area contributed by atoms with Crippen LogP contribution in [0.5, 0.6) is 5.75 Å². The first kappa shape index (κ1) is 14.4. The molecule has 6 heteroatoms. The molecular formula is C15H22FN3O2. The lowest BCUT2D eigenvalue weighted by molar-refractivity contribution is -0.0415. The van der Waals surface area contributed by atoms with Crippen LogP contribution in [0.25, 0.3) is 0 Å². The van der Waals surface area contributed by atoms with E-state index in [0.717, 1.165) is 19.7 Å². The summed E-state index contributed by atoms with van der Waals surface area (Å²) in [6.45, 7) is 3.56. The van der Waals surface area contributed by atoms with Crippen LogP contribution in [0.1, 0.15) is 12.8 Å². The number of fused-ring (bicyclic) bond motifs is 1. The van der Waals surface area contributed by atoms with Crippen molar-refractivity contribution in [3.05, 3.63) is 17.9 Å². The molecular weight excluding hydrogens is 273 g/mol. The number of hydrogen-bond donors (Lipinski definition) is 2. The van der Waals surface area contributed by atoms with Crippen molar-refractivity contribution in [2.45, 2.75) is 25.0 Å². The van der Waals surface area contributed by atoms with E-state index >= 15 is 0 Å². The second kappa shape index (κ2) is 6.07. The van der Waals surface area contributed by atoms with Crippen molar-refractivity contribution in [3.63, 3.8) is 0 Å². The van der Waals surface area contributed by atoms with Crippen LogP contribution in [0.2, 0.25) is 0 Å². The van der Waals surface area contributed by atoms with E-state index in [-0.39, 0.29) is 11.9 Å². The fraction of sp³-hybridized carbons (Fsp3) is 0.600. The number of ether oxygens (including phenoxy) is 2. The SMILES string of the molecule is COc1cc(NCC2CN3CCCC3CO2)c(N)cc1F. The number of morpholine rings is 1. The van der Waals surface area contributed by atoms with Crippen molar-refractivity contribution in [1.82, 2.24) is 4.90 Å². The summed E-state index contributed by atoms with van der Waals surface area (Å²) >= 11 is 0. The summed E-state index contributed by atoms with van der Waals surface area (Å²) in [5, 5.41) is 3.24. The molecule has 116 valence electrons. The zero-order chi connectivity index (χ0) is 14.8. The molecule has 2 atom stereocenters. The molecule has 3 N–H and O–H groups in total. The van der Waals surface area contributed by atoms with Crippen LogP contribution >= 0.6 is 0 Å². The van der Waals surface area contributed by atoms with Crippen molar-refractivity contribution in [2.75, 3.05) is 44.4 Å². The fourth-order valence-corrected chi connectivity index (χ4v) is 3.11. The first-order chi connectivity index (χ1) is 10.2. The molecule has 2 aliphatic rings. The van der Waals surface area contributed by atoms with Crippen LogP contribution in [-0.2, 0) is 4.74 Å². The Morgan fingerprint density at radius 3 is 3.19 bits per heavy atom. The van der Waals surface area contributed by atoms with E-state index in [0.29, 0.717) is 24.0 Å². The van der Waals surface area contributed by atoms with Gasteiger partial charge in [-0.05, 0) is 19.4 Å². The zero-order valence-corrected chi connectivity index (χ0v) is 12.3. The van der Waals surface area contributed by atoms with E-state index in [1.54, 1.807) is 6.07 Å². The Bertz CT molecular complexity index is 512. The minimum atomic E-state index is -0.450. The number of rotatable bonds is 4. The topological polar surface area (TPSA) is 59.8 Å². The van der Waals surface area contributed by atoms with Crippen LogP contribution < -0.4 is 15.8 Å². The lowest BCUT2D eigenvalue weighted by Crippen LogP contribution is -2.48. The van der Waals surface area contributed by atoms with Gasteiger partial charge in [-0.1, -0.05) is 0 Å². The standard InChI is InChI=1S/C15H22FN3O2/c1-20-15-6-14(13(17)5-12(15)16)18-7-11-8-19-4-2-3-10(19)9-21-11/h5-6,10-11,18H,2-4,7-9,17H2,1H3. The van der Waals surface area contributed by atoms with Crippen LogP contribution in [0.3, 0.4) is 0 Å². The minimum Gasteiger partial charge on any atom is -0.494 e. The summed E-state index contributed by atoms with van der Waals surface area (Å²) in [5.74, 6) is -0.259. The highest BCUT2D eigenvalue weighted by molar-refractivity contribution is 5.68. The molecule has 3 rings (SSSR count). The molecule has 2 aliphatic heterocycles. The molecule has 5 nitrogen and oxygen atoms in total. The first-order valence-corrected chi connectivity index (χ1v) is 7.40. The average molecular weight is 295 g/mol. The summed E-state index contributed by atoms with van der Waals surface area (Å²) < 4.78 is 24.4. The molecule has 21 heavy (non-hydrogen) atoms. The van der Waals surface area contributed by atoms with Gasteiger partial charge in [0.2, 0.25) is 0 Å². The van der Waals surface area contributed by atoms with Gasteiger partial charge in [0.15, 0.2) is 11.6 Å². The number of nitrogens with two attached hydrogens (primary N) is 1. The summed E-state index contributed by atoms with van der Waals surface area (Å²) in [6, 6.07) is 3.46. The van der Waals surface area contributed by atoms with Gasteiger partial charge in [-0.15, -0.1) is 0 Å². The number of nitrogens with zero attached hydrogens (tertiary/aromatic N) is 1. The van der Waals surface area contributed by atoms with Gasteiger partial charge >= 0.3 is 0 Å². The van der Waals surface area contributed by atoms with Gasteiger partial charge in [0.05, 0.1) is 31.2 Å². The van der Waals surface area contributed by atoms with Gasteiger partial charge in [0, 0.05) is 31.3 Å². The van der Waals surface area contributed by atoms with Gasteiger partial charge in [-0.2, -0.15) is 0 Å². The van der Waals surface area contributed by atoms with E-state index in [2.05, 4.69) is 10.2 Å². The largest absolute Gasteiger partial charge is 0.494 e. The summed E-state index contributed by atoms with van der Waals surface area (Å²) in [4.78, 5) is 2.49. The summed E-state index contributed by atoms with van der Waals surface area (Å²) in [5.41, 5.74) is 6.90. The van der Waals surface area contributed by atoms with Crippen molar-refractivity contribution in [3.8, 4) is 5.75 Å². The average Bonchev–Trinajstić information content (AvgIpc) is 2.94. The molecule has 2 heterocycles. The maximum atomic E-state index is 13.5. The van der Waals surface area contributed by atoms with Gasteiger partial charge in [-0.3, -0.25) is 4.90 Å². The first-order valence-electron chi connectivity index (χ1n) is 7.40. The Hall–Kier alpha value is -1.53. The van der Waals surface area contributed by atoms with E-state index in [4.69, 9.17) is 15.2 Å². The number of nitrogen functional groups attached to an aromatic ring is 1. The number of methoxy groups -OCH3 is 1. The third-order valence-electron chi connectivity index (χ3n) is 4.31. The van der Waals surface area contributed by atoms with Crippen molar-refractivity contribution >= 4 is 11.4 Å². The molecule has 2 fully saturated rings. The molecule has 1 aromatic rings. The molecule has 0 amide bonds. The van der Waals surface area contributed by atoms with E-state index in [1.807, 2.05) is 0 Å². The molecule has 0 radical (unpaired) electrons. The smallest absolute Gasteiger partial charge is 0.167 e. The van der Waals surface area contributed by atoms with Crippen LogP contribution in [0.4, 0.5) is 15.8 Å². The normalized spacial score (nSPS) is 25.6. The summed E-state index contributed by atoms with van der Waals surface area (Å²) in [7, 11) is 1.44. The number of anilines is 2. The second-order valence-electron chi connectivity index (χ2n) is 5.70. The Balaban J connectivity index is 1.60. The fourth-order valence-electron chi connectivity index (χ4n) is 3.11. The Kier molecular flexibility index (Phi) is 4.17. The summed E-state index contributed by atoms with van der Waals surface area (Å²) in [6.07, 6.45) is 2.63. The number of nitrogens with one attached hydrogen (secondary N) is 1. The Labute approximate surface area is 124 Å². The highest BCUT2D eigenvalue weighted by atomic mass is 19.1. The number of halogens is 1. The van der Waals surface area contributed by atoms with Gasteiger partial charge in [0.1, 0.15) is 0 Å². The second-order valence-corrected chi connectivity index (χ2v) is 5.70. The predicted molar refractivity (Wildman–Crippen MR) is 80.2 cm³/mol. The molecule has 0 aliphatic carbocycles. The van der Waals surface area contributed by atoms with Crippen molar-refractivity contribution < 1.29 is 13.9 Å². The van der Waals surface area contributed by atoms with Crippen LogP contribution in [0.15, 0.2) is 12.1 Å². The molecule has 0 saturated carbocycles. The minimum absolute atomic E-state index is 0.134. The van der Waals surface area contributed by atoms with Gasteiger partial charge in [0.25, 0.3) is 0 Å². The van der Waals surface area contributed by atoms with Gasteiger partial charge < -0.3 is 20.5 Å². The molecule has 0 spiro atoms. The monoisotopic (exact) mass is 295 g/mol. The third-order valence-corrected chi connectivity index (χ3v) is 4.31. The van der Waals surface area contributed by atoms with Gasteiger partial charge in [-0.25, -0.2) is 4.39 Å². The van der Waals surface area contributed by atoms with Crippen LogP contribution in [0, 0.1) is 5.82 Å². The number of benzene rings is 1. The lowest BCUT2D eigenvalue weighted by Gasteiger charge is -2.35.